The van der Waals surface area contributed by atoms with Crippen molar-refractivity contribution in [3.8, 4) is 0 Å². The molecule has 1 aliphatic carbocycles. The van der Waals surface area contributed by atoms with Crippen LogP contribution in [0.5, 0.6) is 0 Å². The van der Waals surface area contributed by atoms with Crippen molar-refractivity contribution in [2.75, 3.05) is 6.61 Å². The molecule has 0 aromatic heterocycles. The summed E-state index contributed by atoms with van der Waals surface area (Å²) in [5, 5.41) is 0. The van der Waals surface area contributed by atoms with Crippen LogP contribution in [0.2, 0.25) is 0 Å². The first-order valence-electron chi connectivity index (χ1n) is 9.61. The number of ether oxygens (including phenoxy) is 1. The van der Waals surface area contributed by atoms with Gasteiger partial charge < -0.3 is 4.74 Å². The highest BCUT2D eigenvalue weighted by Crippen LogP contribution is 2.55. The number of carbonyl (C=O) groups excluding carboxylic acids is 1. The molecule has 28 heavy (non-hydrogen) atoms. The van der Waals surface area contributed by atoms with Gasteiger partial charge in [-0.3, -0.25) is 0 Å². The zero-order chi connectivity index (χ0) is 18.9. The number of cyclic esters (lactones) is 1. The second kappa shape index (κ2) is 6.97. The lowest BCUT2D eigenvalue weighted by Gasteiger charge is -2.41. The summed E-state index contributed by atoms with van der Waals surface area (Å²) in [4.78, 5) is 12.7. The fourth-order valence-electron chi connectivity index (χ4n) is 4.31. The number of esters is 1. The molecule has 0 saturated carbocycles. The summed E-state index contributed by atoms with van der Waals surface area (Å²) in [6, 6.07) is 31.0. The van der Waals surface area contributed by atoms with Crippen molar-refractivity contribution in [2.45, 2.75) is 12.3 Å². The van der Waals surface area contributed by atoms with Crippen LogP contribution in [0.15, 0.2) is 108 Å². The van der Waals surface area contributed by atoms with Gasteiger partial charge in [-0.2, -0.15) is 0 Å². The molecule has 0 bridgehead atoms. The Balaban J connectivity index is 1.69. The zero-order valence-corrected chi connectivity index (χ0v) is 15.5. The van der Waals surface area contributed by atoms with Crippen LogP contribution >= 0.6 is 0 Å². The molecule has 1 unspecified atom stereocenters. The standard InChI is InChI=1S/C26H20O2/c27-26-21(16-18-10-4-1-5-11-18)25-22(17-28-26)23(19-12-6-2-7-13-19)24(25)20-14-8-3-9-15-20/h1-15,24H,16-17H2. The normalized spacial score (nSPS) is 18.4. The van der Waals surface area contributed by atoms with Gasteiger partial charge in [0.1, 0.15) is 6.61 Å². The van der Waals surface area contributed by atoms with Gasteiger partial charge in [0.25, 0.3) is 0 Å². The Bertz CT molecular complexity index is 1080. The van der Waals surface area contributed by atoms with E-state index in [1.54, 1.807) is 0 Å². The fourth-order valence-corrected chi connectivity index (χ4v) is 4.31. The van der Waals surface area contributed by atoms with E-state index in [1.165, 1.54) is 22.3 Å². The second-order valence-electron chi connectivity index (χ2n) is 7.23. The molecule has 1 heterocycles. The van der Waals surface area contributed by atoms with Crippen molar-refractivity contribution >= 4 is 11.5 Å². The van der Waals surface area contributed by atoms with Crippen molar-refractivity contribution in [3.05, 3.63) is 124 Å². The van der Waals surface area contributed by atoms with E-state index in [2.05, 4.69) is 60.7 Å². The molecule has 0 fully saturated rings. The van der Waals surface area contributed by atoms with Gasteiger partial charge in [-0.25, -0.2) is 4.79 Å². The molecule has 1 atom stereocenters. The topological polar surface area (TPSA) is 26.3 Å². The minimum absolute atomic E-state index is 0.116. The van der Waals surface area contributed by atoms with Crippen LogP contribution in [0.4, 0.5) is 0 Å². The van der Waals surface area contributed by atoms with Crippen molar-refractivity contribution in [2.24, 2.45) is 0 Å². The molecule has 1 aliphatic heterocycles. The first kappa shape index (κ1) is 16.8. The lowest BCUT2D eigenvalue weighted by Crippen LogP contribution is -2.32. The van der Waals surface area contributed by atoms with E-state index in [0.29, 0.717) is 13.0 Å². The molecule has 0 spiro atoms. The third-order valence-electron chi connectivity index (χ3n) is 5.59. The first-order chi connectivity index (χ1) is 13.8. The molecule has 2 nitrogen and oxygen atoms in total. The van der Waals surface area contributed by atoms with Crippen molar-refractivity contribution in [1.82, 2.24) is 0 Å². The van der Waals surface area contributed by atoms with E-state index in [4.69, 9.17) is 4.74 Å². The highest BCUT2D eigenvalue weighted by atomic mass is 16.5. The van der Waals surface area contributed by atoms with Crippen LogP contribution in [0.3, 0.4) is 0 Å². The number of allylic oxidation sites excluding steroid dienone is 1. The fraction of sp³-hybridized carbons (Fsp3) is 0.115. The molecule has 2 aliphatic rings. The first-order valence-corrected chi connectivity index (χ1v) is 9.61. The number of hydrogen-bond donors (Lipinski definition) is 0. The zero-order valence-electron chi connectivity index (χ0n) is 15.5. The Morgan fingerprint density at radius 2 is 1.36 bits per heavy atom. The summed E-state index contributed by atoms with van der Waals surface area (Å²) in [6.45, 7) is 0.361. The smallest absolute Gasteiger partial charge is 0.335 e. The van der Waals surface area contributed by atoms with Crippen LogP contribution in [-0.2, 0) is 16.0 Å². The second-order valence-corrected chi connectivity index (χ2v) is 7.23. The number of rotatable bonds is 4. The van der Waals surface area contributed by atoms with Crippen molar-refractivity contribution < 1.29 is 9.53 Å². The van der Waals surface area contributed by atoms with E-state index in [9.17, 15) is 4.79 Å². The molecule has 136 valence electrons. The van der Waals surface area contributed by atoms with Gasteiger partial charge >= 0.3 is 5.97 Å². The van der Waals surface area contributed by atoms with Crippen LogP contribution in [0.1, 0.15) is 22.6 Å². The van der Waals surface area contributed by atoms with Crippen LogP contribution in [0, 0.1) is 0 Å². The Hall–Kier alpha value is -3.39. The molecule has 3 aromatic rings. The molecule has 0 N–H and O–H groups in total. The van der Waals surface area contributed by atoms with Crippen LogP contribution in [-0.4, -0.2) is 12.6 Å². The third-order valence-corrected chi connectivity index (χ3v) is 5.59. The molecule has 2 heteroatoms. The SMILES string of the molecule is O=C1OCC2=C(c3ccccc3)C(c3ccccc3)C2=C1Cc1ccccc1. The van der Waals surface area contributed by atoms with E-state index in [1.807, 2.05) is 30.3 Å². The summed E-state index contributed by atoms with van der Waals surface area (Å²) in [7, 11) is 0. The molecular weight excluding hydrogens is 344 g/mol. The van der Waals surface area contributed by atoms with E-state index in [0.717, 1.165) is 16.7 Å². The van der Waals surface area contributed by atoms with Gasteiger partial charge in [0, 0.05) is 17.9 Å². The van der Waals surface area contributed by atoms with Crippen molar-refractivity contribution in [3.63, 3.8) is 0 Å². The maximum absolute atomic E-state index is 12.7. The number of carbonyl (C=O) groups is 1. The number of hydrogen-bond acceptors (Lipinski definition) is 2. The average Bonchev–Trinajstić information content (AvgIpc) is 2.74. The molecule has 3 aromatic carbocycles. The van der Waals surface area contributed by atoms with Crippen LogP contribution in [0.25, 0.3) is 5.57 Å². The maximum atomic E-state index is 12.7. The lowest BCUT2D eigenvalue weighted by atomic mass is 9.64. The Morgan fingerprint density at radius 3 is 2.04 bits per heavy atom. The monoisotopic (exact) mass is 364 g/mol. The van der Waals surface area contributed by atoms with Crippen LogP contribution < -0.4 is 0 Å². The predicted octanol–water partition coefficient (Wildman–Crippen LogP) is 5.33. The maximum Gasteiger partial charge on any atom is 0.335 e. The summed E-state index contributed by atoms with van der Waals surface area (Å²) in [5.41, 5.74) is 7.95. The third kappa shape index (κ3) is 2.78. The van der Waals surface area contributed by atoms with Gasteiger partial charge in [-0.05, 0) is 33.4 Å². The molecule has 0 amide bonds. The van der Waals surface area contributed by atoms with Gasteiger partial charge in [0.2, 0.25) is 0 Å². The summed E-state index contributed by atoms with van der Waals surface area (Å²) in [6.07, 6.45) is 0.601. The highest BCUT2D eigenvalue weighted by Gasteiger charge is 2.43. The number of fused-ring (bicyclic) bond motifs is 1. The molecule has 0 radical (unpaired) electrons. The highest BCUT2D eigenvalue weighted by molar-refractivity contribution is 6.01. The Labute approximate surface area is 164 Å². The van der Waals surface area contributed by atoms with E-state index < -0.39 is 0 Å². The minimum atomic E-state index is -0.185. The summed E-state index contributed by atoms with van der Waals surface area (Å²) < 4.78 is 5.58. The Morgan fingerprint density at radius 1 is 0.750 bits per heavy atom. The predicted molar refractivity (Wildman–Crippen MR) is 111 cm³/mol. The Kier molecular flexibility index (Phi) is 4.17. The molecule has 0 saturated heterocycles. The largest absolute Gasteiger partial charge is 0.457 e. The minimum Gasteiger partial charge on any atom is -0.457 e. The summed E-state index contributed by atoms with van der Waals surface area (Å²) >= 11 is 0. The average molecular weight is 364 g/mol. The molecular formula is C26H20O2. The number of benzene rings is 3. The lowest BCUT2D eigenvalue weighted by molar-refractivity contribution is -0.139. The van der Waals surface area contributed by atoms with Gasteiger partial charge in [-0.1, -0.05) is 91.0 Å². The van der Waals surface area contributed by atoms with Gasteiger partial charge in [-0.15, -0.1) is 0 Å². The quantitative estimate of drug-likeness (QED) is 0.585. The van der Waals surface area contributed by atoms with E-state index >= 15 is 0 Å². The summed E-state index contributed by atoms with van der Waals surface area (Å²) in [5.74, 6) is -0.0687. The van der Waals surface area contributed by atoms with E-state index in [-0.39, 0.29) is 11.9 Å². The molecule has 5 rings (SSSR count). The van der Waals surface area contributed by atoms with Gasteiger partial charge in [0.05, 0.1) is 0 Å². The van der Waals surface area contributed by atoms with Crippen molar-refractivity contribution in [1.29, 1.82) is 0 Å². The van der Waals surface area contributed by atoms with Gasteiger partial charge in [0.15, 0.2) is 0 Å².